The van der Waals surface area contributed by atoms with Gasteiger partial charge in [0.25, 0.3) is 0 Å². The summed E-state index contributed by atoms with van der Waals surface area (Å²) in [4.78, 5) is 23.9. The second-order valence-corrected chi connectivity index (χ2v) is 6.06. The van der Waals surface area contributed by atoms with Gasteiger partial charge in [-0.3, -0.25) is 9.59 Å². The fraction of sp³-hybridized carbons (Fsp3) is 0.167. The molecule has 0 saturated heterocycles. The van der Waals surface area contributed by atoms with Crippen LogP contribution < -0.4 is 5.32 Å². The summed E-state index contributed by atoms with van der Waals surface area (Å²) in [6, 6.07) is 8.87. The summed E-state index contributed by atoms with van der Waals surface area (Å²) in [5.74, 6) is 0.0524. The zero-order valence-electron chi connectivity index (χ0n) is 13.3. The minimum atomic E-state index is -0.358. The van der Waals surface area contributed by atoms with Gasteiger partial charge in [0, 0.05) is 30.3 Å². The van der Waals surface area contributed by atoms with Crippen molar-refractivity contribution in [1.82, 2.24) is 5.16 Å². The zero-order valence-corrected chi connectivity index (χ0v) is 14.0. The first-order chi connectivity index (χ1) is 12.1. The molecular weight excluding hydrogens is 344 g/mol. The topological polar surface area (TPSA) is 81.4 Å². The number of ether oxygens (including phenoxy) is 1. The molecule has 25 heavy (non-hydrogen) atoms. The molecule has 0 spiro atoms. The number of ketones is 1. The van der Waals surface area contributed by atoms with Crippen molar-refractivity contribution in [2.24, 2.45) is 0 Å². The van der Waals surface area contributed by atoms with Crippen LogP contribution in [0.15, 0.2) is 34.9 Å². The van der Waals surface area contributed by atoms with Gasteiger partial charge in [-0.05, 0) is 6.07 Å². The van der Waals surface area contributed by atoms with Gasteiger partial charge < -0.3 is 14.6 Å². The van der Waals surface area contributed by atoms with Crippen molar-refractivity contribution in [1.29, 1.82) is 0 Å². The van der Waals surface area contributed by atoms with E-state index in [0.717, 1.165) is 0 Å². The number of anilines is 1. The molecule has 0 radical (unpaired) electrons. The van der Waals surface area contributed by atoms with Crippen LogP contribution in [0.5, 0.6) is 0 Å². The van der Waals surface area contributed by atoms with E-state index >= 15 is 0 Å². The molecule has 0 amide bonds. The number of carbonyl (C=O) groups excluding carboxylic acids is 2. The molecule has 7 heteroatoms. The van der Waals surface area contributed by atoms with E-state index in [4.69, 9.17) is 20.9 Å². The Kier molecular flexibility index (Phi) is 3.69. The molecule has 1 aliphatic carbocycles. The lowest BCUT2D eigenvalue weighted by Crippen LogP contribution is -2.16. The fourth-order valence-electron chi connectivity index (χ4n) is 3.04. The molecule has 1 aromatic heterocycles. The first-order valence-electron chi connectivity index (χ1n) is 7.71. The molecule has 0 bridgehead atoms. The van der Waals surface area contributed by atoms with Crippen LogP contribution in [0, 0.1) is 0 Å². The van der Waals surface area contributed by atoms with Gasteiger partial charge in [-0.25, -0.2) is 0 Å². The summed E-state index contributed by atoms with van der Waals surface area (Å²) in [6.45, 7) is 1.88. The fourth-order valence-corrected chi connectivity index (χ4v) is 3.28. The third kappa shape index (κ3) is 2.46. The second kappa shape index (κ2) is 5.89. The first kappa shape index (κ1) is 15.7. The number of fused-ring (bicyclic) bond motifs is 2. The van der Waals surface area contributed by atoms with Crippen molar-refractivity contribution in [3.8, 4) is 11.3 Å². The van der Waals surface area contributed by atoms with Gasteiger partial charge in [0.05, 0.1) is 16.0 Å². The highest BCUT2D eigenvalue weighted by Gasteiger charge is 2.32. The van der Waals surface area contributed by atoms with Crippen LogP contribution in [0.3, 0.4) is 0 Å². The van der Waals surface area contributed by atoms with E-state index in [0.29, 0.717) is 50.6 Å². The Balaban J connectivity index is 1.84. The van der Waals surface area contributed by atoms with Crippen molar-refractivity contribution < 1.29 is 18.8 Å². The SMILES string of the molecule is CC(=O)OCCNc1cc(Cl)c2noc3c2c1C(=O)c1ccccc1-3. The van der Waals surface area contributed by atoms with Crippen molar-refractivity contribution in [3.05, 3.63) is 46.5 Å². The van der Waals surface area contributed by atoms with E-state index in [1.165, 1.54) is 6.92 Å². The zero-order chi connectivity index (χ0) is 17.6. The molecular formula is C18H13ClN2O4. The number of halogens is 1. The Bertz CT molecular complexity index is 1030. The first-order valence-corrected chi connectivity index (χ1v) is 8.09. The highest BCUT2D eigenvalue weighted by molar-refractivity contribution is 6.38. The molecule has 1 aliphatic rings. The highest BCUT2D eigenvalue weighted by atomic mass is 35.5. The van der Waals surface area contributed by atoms with Gasteiger partial charge in [0.2, 0.25) is 0 Å². The Morgan fingerprint density at radius 2 is 2.08 bits per heavy atom. The minimum absolute atomic E-state index is 0.122. The Hall–Kier alpha value is -2.86. The largest absolute Gasteiger partial charge is 0.464 e. The van der Waals surface area contributed by atoms with Gasteiger partial charge in [-0.2, -0.15) is 0 Å². The lowest BCUT2D eigenvalue weighted by molar-refractivity contribution is -0.140. The van der Waals surface area contributed by atoms with Crippen LogP contribution in [0.4, 0.5) is 5.69 Å². The van der Waals surface area contributed by atoms with E-state index in [1.807, 2.05) is 12.1 Å². The minimum Gasteiger partial charge on any atom is -0.464 e. The average Bonchev–Trinajstić information content (AvgIpc) is 3.03. The van der Waals surface area contributed by atoms with Crippen LogP contribution in [0.1, 0.15) is 22.8 Å². The molecule has 0 saturated carbocycles. The Morgan fingerprint density at radius 3 is 2.84 bits per heavy atom. The number of benzene rings is 2. The van der Waals surface area contributed by atoms with Crippen LogP contribution in [0.25, 0.3) is 22.2 Å². The molecule has 2 aromatic carbocycles. The summed E-state index contributed by atoms with van der Waals surface area (Å²) in [5.41, 5.74) is 2.75. The van der Waals surface area contributed by atoms with E-state index in [1.54, 1.807) is 18.2 Å². The summed E-state index contributed by atoms with van der Waals surface area (Å²) in [6.07, 6.45) is 0. The van der Waals surface area contributed by atoms with E-state index in [-0.39, 0.29) is 18.4 Å². The number of nitrogens with one attached hydrogen (secondary N) is 1. The number of esters is 1. The lowest BCUT2D eigenvalue weighted by Gasteiger charge is -2.18. The van der Waals surface area contributed by atoms with Crippen molar-refractivity contribution >= 4 is 39.9 Å². The quantitative estimate of drug-likeness (QED) is 0.444. The van der Waals surface area contributed by atoms with Gasteiger partial charge in [-0.15, -0.1) is 0 Å². The Labute approximate surface area is 147 Å². The van der Waals surface area contributed by atoms with Gasteiger partial charge in [0.15, 0.2) is 11.5 Å². The number of aromatic nitrogens is 1. The second-order valence-electron chi connectivity index (χ2n) is 5.66. The number of hydrogen-bond donors (Lipinski definition) is 1. The molecule has 0 atom stereocenters. The summed E-state index contributed by atoms with van der Waals surface area (Å²) < 4.78 is 10.4. The maximum atomic E-state index is 13.0. The van der Waals surface area contributed by atoms with E-state index in [9.17, 15) is 9.59 Å². The standard InChI is InChI=1S/C18H13ClN2O4/c1-9(22)24-7-6-20-13-8-12(19)16-15-14(13)17(23)10-4-2-3-5-11(10)18(15)25-21-16/h2-5,8,20H,6-7H2,1H3. The summed E-state index contributed by atoms with van der Waals surface area (Å²) >= 11 is 6.31. The number of hydrogen-bond acceptors (Lipinski definition) is 6. The van der Waals surface area contributed by atoms with Gasteiger partial charge in [0.1, 0.15) is 12.1 Å². The predicted molar refractivity (Wildman–Crippen MR) is 93.0 cm³/mol. The maximum absolute atomic E-state index is 13.0. The monoisotopic (exact) mass is 356 g/mol. The third-order valence-electron chi connectivity index (χ3n) is 4.07. The number of carbonyl (C=O) groups is 2. The van der Waals surface area contributed by atoms with Crippen molar-refractivity contribution in [2.45, 2.75) is 6.92 Å². The molecule has 3 aromatic rings. The van der Waals surface area contributed by atoms with Crippen LogP contribution >= 0.6 is 11.6 Å². The number of rotatable bonds is 4. The summed E-state index contributed by atoms with van der Waals surface area (Å²) in [5, 5.41) is 8.13. The molecule has 0 unspecified atom stereocenters. The summed E-state index contributed by atoms with van der Waals surface area (Å²) in [7, 11) is 0. The van der Waals surface area contributed by atoms with Crippen LogP contribution in [0.2, 0.25) is 5.02 Å². The van der Waals surface area contributed by atoms with Gasteiger partial charge >= 0.3 is 5.97 Å². The van der Waals surface area contributed by atoms with Crippen molar-refractivity contribution in [3.63, 3.8) is 0 Å². The molecule has 0 aliphatic heterocycles. The predicted octanol–water partition coefficient (Wildman–Crippen LogP) is 3.67. The Morgan fingerprint density at radius 1 is 1.32 bits per heavy atom. The number of nitrogens with zero attached hydrogens (tertiary/aromatic N) is 1. The molecule has 6 nitrogen and oxygen atoms in total. The smallest absolute Gasteiger partial charge is 0.302 e. The van der Waals surface area contributed by atoms with Crippen LogP contribution in [-0.2, 0) is 9.53 Å². The molecule has 126 valence electrons. The molecule has 1 N–H and O–H groups in total. The maximum Gasteiger partial charge on any atom is 0.302 e. The van der Waals surface area contributed by atoms with E-state index in [2.05, 4.69) is 10.5 Å². The average molecular weight is 357 g/mol. The molecule has 0 fully saturated rings. The molecule has 1 heterocycles. The lowest BCUT2D eigenvalue weighted by atomic mass is 9.87. The molecule has 4 rings (SSSR count). The third-order valence-corrected chi connectivity index (χ3v) is 4.36. The normalized spacial score (nSPS) is 12.2. The highest BCUT2D eigenvalue weighted by Crippen LogP contribution is 2.44. The van der Waals surface area contributed by atoms with Crippen molar-refractivity contribution in [2.75, 3.05) is 18.5 Å². The van der Waals surface area contributed by atoms with Crippen LogP contribution in [-0.4, -0.2) is 30.1 Å². The van der Waals surface area contributed by atoms with Gasteiger partial charge in [-0.1, -0.05) is 41.0 Å². The van der Waals surface area contributed by atoms with E-state index < -0.39 is 0 Å².